The second kappa shape index (κ2) is 5.40. The van der Waals surface area contributed by atoms with Crippen LogP contribution < -0.4 is 15.2 Å². The number of rotatable bonds is 4. The highest BCUT2D eigenvalue weighted by molar-refractivity contribution is 7.93. The summed E-state index contributed by atoms with van der Waals surface area (Å²) in [5.74, 6) is 0.277. The van der Waals surface area contributed by atoms with Crippen molar-refractivity contribution in [1.82, 2.24) is 0 Å². The van der Waals surface area contributed by atoms with Crippen molar-refractivity contribution >= 4 is 32.0 Å². The fourth-order valence-corrected chi connectivity index (χ4v) is 3.60. The molecule has 1 aromatic carbocycles. The van der Waals surface area contributed by atoms with Crippen molar-refractivity contribution in [2.75, 3.05) is 17.6 Å². The number of nitrogens with zero attached hydrogens (tertiary/aromatic N) is 1. The number of benzene rings is 1. The third kappa shape index (κ3) is 2.68. The van der Waals surface area contributed by atoms with Crippen LogP contribution in [-0.2, 0) is 10.0 Å². The van der Waals surface area contributed by atoms with Crippen LogP contribution in [0.1, 0.15) is 5.56 Å². The van der Waals surface area contributed by atoms with Gasteiger partial charge in [0.25, 0.3) is 10.0 Å². The molecule has 1 aromatic heterocycles. The first-order valence-electron chi connectivity index (χ1n) is 5.42. The predicted octanol–water partition coefficient (Wildman–Crippen LogP) is 2.01. The van der Waals surface area contributed by atoms with Crippen LogP contribution in [0, 0.1) is 11.3 Å². The van der Waals surface area contributed by atoms with Crippen molar-refractivity contribution in [2.45, 2.75) is 4.90 Å². The number of nitrogens with two attached hydrogens (primary N) is 1. The van der Waals surface area contributed by atoms with Gasteiger partial charge in [-0.05, 0) is 23.6 Å². The van der Waals surface area contributed by atoms with E-state index in [4.69, 9.17) is 15.7 Å². The monoisotopic (exact) mass is 309 g/mol. The van der Waals surface area contributed by atoms with Gasteiger partial charge in [-0.1, -0.05) is 0 Å². The van der Waals surface area contributed by atoms with Crippen LogP contribution in [0.4, 0.5) is 10.7 Å². The molecule has 0 spiro atoms. The number of thiophene rings is 1. The van der Waals surface area contributed by atoms with E-state index in [0.29, 0.717) is 5.69 Å². The molecule has 0 fully saturated rings. The van der Waals surface area contributed by atoms with Gasteiger partial charge in [-0.15, -0.1) is 11.3 Å². The number of anilines is 2. The van der Waals surface area contributed by atoms with Crippen LogP contribution in [0.5, 0.6) is 5.75 Å². The van der Waals surface area contributed by atoms with Crippen LogP contribution in [0.25, 0.3) is 0 Å². The first kappa shape index (κ1) is 14.2. The second-order valence-corrected chi connectivity index (χ2v) is 6.38. The molecule has 1 heterocycles. The summed E-state index contributed by atoms with van der Waals surface area (Å²) in [4.78, 5) is 0.0147. The maximum Gasteiger partial charge on any atom is 0.262 e. The topological polar surface area (TPSA) is 105 Å². The summed E-state index contributed by atoms with van der Waals surface area (Å²) in [5, 5.41) is 10.8. The van der Waals surface area contributed by atoms with E-state index in [1.807, 2.05) is 6.07 Å². The summed E-state index contributed by atoms with van der Waals surface area (Å²) >= 11 is 1.14. The molecule has 0 radical (unpaired) electrons. The zero-order chi connectivity index (χ0) is 14.8. The normalized spacial score (nSPS) is 10.8. The van der Waals surface area contributed by atoms with Crippen molar-refractivity contribution in [1.29, 1.82) is 5.26 Å². The molecule has 0 saturated carbocycles. The minimum Gasteiger partial charge on any atom is -0.495 e. The smallest absolute Gasteiger partial charge is 0.262 e. The molecule has 0 bridgehead atoms. The lowest BCUT2D eigenvalue weighted by Gasteiger charge is -2.09. The average molecular weight is 309 g/mol. The molecular formula is C12H11N3O3S2. The summed E-state index contributed by atoms with van der Waals surface area (Å²) in [6.07, 6.45) is 0. The van der Waals surface area contributed by atoms with Gasteiger partial charge in [0.05, 0.1) is 23.3 Å². The summed E-state index contributed by atoms with van der Waals surface area (Å²) in [7, 11) is -2.39. The summed E-state index contributed by atoms with van der Waals surface area (Å²) in [5.41, 5.74) is 6.27. The van der Waals surface area contributed by atoms with Gasteiger partial charge in [-0.25, -0.2) is 8.42 Å². The minimum absolute atomic E-state index is 0.0147. The zero-order valence-electron chi connectivity index (χ0n) is 10.5. The van der Waals surface area contributed by atoms with Crippen molar-refractivity contribution in [3.05, 3.63) is 35.2 Å². The van der Waals surface area contributed by atoms with Gasteiger partial charge in [0.15, 0.2) is 0 Å². The Labute approximate surface area is 120 Å². The van der Waals surface area contributed by atoms with Gasteiger partial charge in [0, 0.05) is 6.07 Å². The summed E-state index contributed by atoms with van der Waals surface area (Å²) < 4.78 is 31.8. The molecule has 20 heavy (non-hydrogen) atoms. The average Bonchev–Trinajstić information content (AvgIpc) is 2.85. The third-order valence-electron chi connectivity index (χ3n) is 2.53. The molecule has 0 aliphatic heterocycles. The number of sulfonamides is 1. The highest BCUT2D eigenvalue weighted by Gasteiger charge is 2.18. The molecule has 3 N–H and O–H groups in total. The van der Waals surface area contributed by atoms with E-state index >= 15 is 0 Å². The van der Waals surface area contributed by atoms with Crippen molar-refractivity contribution in [3.8, 4) is 11.8 Å². The minimum atomic E-state index is -3.79. The lowest BCUT2D eigenvalue weighted by Crippen LogP contribution is -2.13. The number of nitrogens with one attached hydrogen (secondary N) is 1. The van der Waals surface area contributed by atoms with E-state index in [1.165, 1.54) is 25.3 Å². The van der Waals surface area contributed by atoms with Crippen LogP contribution >= 0.6 is 11.3 Å². The van der Waals surface area contributed by atoms with Crippen LogP contribution in [0.3, 0.4) is 0 Å². The first-order chi connectivity index (χ1) is 9.47. The number of nitriles is 1. The first-order valence-corrected chi connectivity index (χ1v) is 7.78. The van der Waals surface area contributed by atoms with Gasteiger partial charge >= 0.3 is 0 Å². The Balaban J connectivity index is 2.39. The van der Waals surface area contributed by atoms with Crippen molar-refractivity contribution in [3.63, 3.8) is 0 Å². The van der Waals surface area contributed by atoms with Crippen LogP contribution in [0.2, 0.25) is 0 Å². The van der Waals surface area contributed by atoms with Crippen LogP contribution in [0.15, 0.2) is 34.5 Å². The van der Waals surface area contributed by atoms with Gasteiger partial charge in [0.2, 0.25) is 0 Å². The number of ether oxygens (including phenoxy) is 1. The number of hydrogen-bond acceptors (Lipinski definition) is 6. The lowest BCUT2D eigenvalue weighted by molar-refractivity contribution is 0.415. The van der Waals surface area contributed by atoms with Gasteiger partial charge < -0.3 is 10.5 Å². The number of methoxy groups -OCH3 is 1. The van der Waals surface area contributed by atoms with Gasteiger partial charge in [-0.2, -0.15) is 5.26 Å². The van der Waals surface area contributed by atoms with E-state index in [9.17, 15) is 8.42 Å². The molecule has 2 rings (SSSR count). The molecule has 2 aromatic rings. The quantitative estimate of drug-likeness (QED) is 0.840. The molecule has 6 nitrogen and oxygen atoms in total. The predicted molar refractivity (Wildman–Crippen MR) is 77.2 cm³/mol. The SMILES string of the molecule is COc1cc(S(=O)(=O)Nc2sccc2C#N)ccc1N. The largest absolute Gasteiger partial charge is 0.495 e. The Bertz CT molecular complexity index is 775. The Hall–Kier alpha value is -2.24. The molecule has 8 heteroatoms. The highest BCUT2D eigenvalue weighted by atomic mass is 32.2. The van der Waals surface area contributed by atoms with Gasteiger partial charge in [0.1, 0.15) is 16.8 Å². The van der Waals surface area contributed by atoms with E-state index in [0.717, 1.165) is 11.3 Å². The molecule has 104 valence electrons. The second-order valence-electron chi connectivity index (χ2n) is 3.78. The molecule has 0 amide bonds. The Morgan fingerprint density at radius 1 is 1.40 bits per heavy atom. The molecular weight excluding hydrogens is 298 g/mol. The Morgan fingerprint density at radius 3 is 2.80 bits per heavy atom. The third-order valence-corrected chi connectivity index (χ3v) is 4.83. The maximum atomic E-state index is 12.2. The fourth-order valence-electron chi connectivity index (χ4n) is 1.52. The number of nitrogen functional groups attached to an aromatic ring is 1. The van der Waals surface area contributed by atoms with Crippen molar-refractivity contribution < 1.29 is 13.2 Å². The molecule has 0 aliphatic carbocycles. The Morgan fingerprint density at radius 2 is 2.15 bits per heavy atom. The van der Waals surface area contributed by atoms with Crippen LogP contribution in [-0.4, -0.2) is 15.5 Å². The molecule has 0 aliphatic rings. The van der Waals surface area contributed by atoms with Crippen molar-refractivity contribution in [2.24, 2.45) is 0 Å². The lowest BCUT2D eigenvalue weighted by atomic mass is 10.3. The molecule has 0 unspecified atom stereocenters. The number of hydrogen-bond donors (Lipinski definition) is 2. The van der Waals surface area contributed by atoms with E-state index in [1.54, 1.807) is 11.4 Å². The summed E-state index contributed by atoms with van der Waals surface area (Å²) in [6.45, 7) is 0. The molecule has 0 saturated heterocycles. The summed E-state index contributed by atoms with van der Waals surface area (Å²) in [6, 6.07) is 7.62. The van der Waals surface area contributed by atoms with E-state index in [2.05, 4.69) is 4.72 Å². The fraction of sp³-hybridized carbons (Fsp3) is 0.0833. The van der Waals surface area contributed by atoms with E-state index in [-0.39, 0.29) is 21.2 Å². The maximum absolute atomic E-state index is 12.2. The van der Waals surface area contributed by atoms with Gasteiger partial charge in [-0.3, -0.25) is 4.72 Å². The zero-order valence-corrected chi connectivity index (χ0v) is 12.1. The standard InChI is InChI=1S/C12H11N3O3S2/c1-18-11-6-9(2-3-10(11)14)20(16,17)15-12-8(7-13)4-5-19-12/h2-6,15H,14H2,1H3. The molecule has 0 atom stereocenters. The Kier molecular flexibility index (Phi) is 3.83. The van der Waals surface area contributed by atoms with E-state index < -0.39 is 10.0 Å². The highest BCUT2D eigenvalue weighted by Crippen LogP contribution is 2.28.